The number of halogens is 1. The molecular formula is C13H9ClN4O. The van der Waals surface area contributed by atoms with Gasteiger partial charge in [0.1, 0.15) is 5.52 Å². The first-order chi connectivity index (χ1) is 9.24. The van der Waals surface area contributed by atoms with Crippen LogP contribution in [0.1, 0.15) is 0 Å². The van der Waals surface area contributed by atoms with E-state index < -0.39 is 0 Å². The van der Waals surface area contributed by atoms with Gasteiger partial charge in [0.05, 0.1) is 5.02 Å². The molecule has 2 aromatic heterocycles. The van der Waals surface area contributed by atoms with Gasteiger partial charge < -0.3 is 10.5 Å². The molecular weight excluding hydrogens is 264 g/mol. The minimum absolute atomic E-state index is 0.156. The molecule has 0 aliphatic heterocycles. The lowest BCUT2D eigenvalue weighted by Crippen LogP contribution is -1.96. The Kier molecular flexibility index (Phi) is 2.89. The molecule has 0 atom stereocenters. The molecule has 0 aliphatic carbocycles. The first-order valence-corrected chi connectivity index (χ1v) is 5.91. The number of hydrogen-bond donors (Lipinski definition) is 1. The van der Waals surface area contributed by atoms with Gasteiger partial charge in [0.15, 0.2) is 5.75 Å². The van der Waals surface area contributed by atoms with Crippen LogP contribution in [0.15, 0.2) is 42.7 Å². The van der Waals surface area contributed by atoms with Crippen molar-refractivity contribution in [1.29, 1.82) is 0 Å². The predicted octanol–water partition coefficient (Wildman–Crippen LogP) is 3.05. The molecule has 5 nitrogen and oxygen atoms in total. The van der Waals surface area contributed by atoms with Crippen LogP contribution in [0.5, 0.6) is 11.6 Å². The van der Waals surface area contributed by atoms with E-state index in [2.05, 4.69) is 15.0 Å². The van der Waals surface area contributed by atoms with E-state index in [9.17, 15) is 0 Å². The molecule has 0 aliphatic rings. The molecule has 0 radical (unpaired) electrons. The summed E-state index contributed by atoms with van der Waals surface area (Å²) in [7, 11) is 0. The van der Waals surface area contributed by atoms with Gasteiger partial charge in [0.25, 0.3) is 0 Å². The van der Waals surface area contributed by atoms with Gasteiger partial charge in [-0.1, -0.05) is 11.6 Å². The molecule has 0 unspecified atom stereocenters. The molecule has 94 valence electrons. The Morgan fingerprint density at radius 3 is 2.79 bits per heavy atom. The summed E-state index contributed by atoms with van der Waals surface area (Å²) in [6.45, 7) is 0. The monoisotopic (exact) mass is 272 g/mol. The van der Waals surface area contributed by atoms with Crippen molar-refractivity contribution >= 4 is 28.5 Å². The molecule has 2 heterocycles. The van der Waals surface area contributed by atoms with Crippen molar-refractivity contribution < 1.29 is 4.74 Å². The van der Waals surface area contributed by atoms with Crippen molar-refractivity contribution in [3.63, 3.8) is 0 Å². The summed E-state index contributed by atoms with van der Waals surface area (Å²) >= 11 is 6.12. The van der Waals surface area contributed by atoms with E-state index in [4.69, 9.17) is 22.1 Å². The van der Waals surface area contributed by atoms with Gasteiger partial charge in [-0.25, -0.2) is 4.98 Å². The van der Waals surface area contributed by atoms with E-state index in [-0.39, 0.29) is 5.95 Å². The molecule has 2 N–H and O–H groups in total. The number of fused-ring (bicyclic) bond motifs is 1. The number of pyridine rings is 1. The lowest BCUT2D eigenvalue weighted by atomic mass is 10.2. The van der Waals surface area contributed by atoms with Crippen LogP contribution in [0, 0.1) is 0 Å². The van der Waals surface area contributed by atoms with Crippen LogP contribution in [0.4, 0.5) is 5.95 Å². The summed E-state index contributed by atoms with van der Waals surface area (Å²) in [6, 6.07) is 8.83. The third-order valence-electron chi connectivity index (χ3n) is 2.54. The summed E-state index contributed by atoms with van der Waals surface area (Å²) in [6.07, 6.45) is 3.21. The first kappa shape index (κ1) is 11.7. The average molecular weight is 273 g/mol. The Labute approximate surface area is 114 Å². The Bertz CT molecular complexity index is 748. The Hall–Kier alpha value is -2.40. The standard InChI is InChI=1S/C13H9ClN4O/c14-9-3-4-10(12-8(9)2-1-6-16-12)19-11-5-7-17-13(15)18-11/h1-7H,(H2,15,17,18). The number of benzene rings is 1. The third-order valence-corrected chi connectivity index (χ3v) is 2.87. The minimum atomic E-state index is 0.156. The normalized spacial score (nSPS) is 10.6. The molecule has 1 aromatic carbocycles. The number of nitrogen functional groups attached to an aromatic ring is 1. The van der Waals surface area contributed by atoms with E-state index in [0.29, 0.717) is 22.2 Å². The van der Waals surface area contributed by atoms with E-state index >= 15 is 0 Å². The van der Waals surface area contributed by atoms with Crippen molar-refractivity contribution in [2.24, 2.45) is 0 Å². The van der Waals surface area contributed by atoms with Crippen LogP contribution >= 0.6 is 11.6 Å². The molecule has 3 aromatic rings. The van der Waals surface area contributed by atoms with Gasteiger partial charge in [-0.3, -0.25) is 4.98 Å². The van der Waals surface area contributed by atoms with Crippen molar-refractivity contribution in [2.75, 3.05) is 5.73 Å². The summed E-state index contributed by atoms with van der Waals surface area (Å²) in [5.41, 5.74) is 6.18. The van der Waals surface area contributed by atoms with Gasteiger partial charge in [0.2, 0.25) is 11.8 Å². The summed E-state index contributed by atoms with van der Waals surface area (Å²) < 4.78 is 5.68. The molecule has 6 heteroatoms. The van der Waals surface area contributed by atoms with E-state index in [1.807, 2.05) is 12.1 Å². The quantitative estimate of drug-likeness (QED) is 0.776. The summed E-state index contributed by atoms with van der Waals surface area (Å²) in [5.74, 6) is 1.09. The molecule has 19 heavy (non-hydrogen) atoms. The zero-order valence-corrected chi connectivity index (χ0v) is 10.5. The maximum absolute atomic E-state index is 6.12. The lowest BCUT2D eigenvalue weighted by Gasteiger charge is -2.08. The summed E-state index contributed by atoms with van der Waals surface area (Å²) in [5, 5.41) is 1.45. The fourth-order valence-corrected chi connectivity index (χ4v) is 1.94. The van der Waals surface area contributed by atoms with Gasteiger partial charge in [-0.15, -0.1) is 0 Å². The summed E-state index contributed by atoms with van der Waals surface area (Å²) in [4.78, 5) is 12.1. The second kappa shape index (κ2) is 4.70. The number of rotatable bonds is 2. The molecule has 0 amide bonds. The number of hydrogen-bond acceptors (Lipinski definition) is 5. The number of aromatic nitrogens is 3. The van der Waals surface area contributed by atoms with Gasteiger partial charge >= 0.3 is 0 Å². The highest BCUT2D eigenvalue weighted by Crippen LogP contribution is 2.31. The van der Waals surface area contributed by atoms with E-state index in [0.717, 1.165) is 5.39 Å². The van der Waals surface area contributed by atoms with Crippen LogP contribution in [0.3, 0.4) is 0 Å². The zero-order chi connectivity index (χ0) is 13.2. The zero-order valence-electron chi connectivity index (χ0n) is 9.75. The Balaban J connectivity index is 2.09. The largest absolute Gasteiger partial charge is 0.437 e. The number of anilines is 1. The van der Waals surface area contributed by atoms with Crippen LogP contribution in [0.2, 0.25) is 5.02 Å². The SMILES string of the molecule is Nc1nccc(Oc2ccc(Cl)c3cccnc23)n1. The minimum Gasteiger partial charge on any atom is -0.437 e. The molecule has 0 fully saturated rings. The molecule has 0 bridgehead atoms. The van der Waals surface area contributed by atoms with Gasteiger partial charge in [-0.2, -0.15) is 4.98 Å². The predicted molar refractivity (Wildman–Crippen MR) is 73.3 cm³/mol. The highest BCUT2D eigenvalue weighted by Gasteiger charge is 2.08. The Morgan fingerprint density at radius 2 is 1.95 bits per heavy atom. The smallest absolute Gasteiger partial charge is 0.224 e. The molecule has 0 saturated carbocycles. The van der Waals surface area contributed by atoms with E-state index in [1.54, 1.807) is 24.4 Å². The van der Waals surface area contributed by atoms with Gasteiger partial charge in [-0.05, 0) is 24.3 Å². The number of nitrogens with two attached hydrogens (primary N) is 1. The fourth-order valence-electron chi connectivity index (χ4n) is 1.72. The highest BCUT2D eigenvalue weighted by atomic mass is 35.5. The fraction of sp³-hybridized carbons (Fsp3) is 0. The van der Waals surface area contributed by atoms with Crippen molar-refractivity contribution in [3.8, 4) is 11.6 Å². The average Bonchev–Trinajstić information content (AvgIpc) is 2.42. The second-order valence-electron chi connectivity index (χ2n) is 3.80. The van der Waals surface area contributed by atoms with Crippen molar-refractivity contribution in [2.45, 2.75) is 0 Å². The van der Waals surface area contributed by atoms with E-state index in [1.165, 1.54) is 6.20 Å². The number of ether oxygens (including phenoxy) is 1. The number of nitrogens with zero attached hydrogens (tertiary/aromatic N) is 3. The highest BCUT2D eigenvalue weighted by molar-refractivity contribution is 6.35. The van der Waals surface area contributed by atoms with Crippen LogP contribution in [-0.2, 0) is 0 Å². The van der Waals surface area contributed by atoms with Crippen LogP contribution in [-0.4, -0.2) is 15.0 Å². The maximum Gasteiger partial charge on any atom is 0.224 e. The topological polar surface area (TPSA) is 73.9 Å². The molecule has 3 rings (SSSR count). The van der Waals surface area contributed by atoms with Crippen LogP contribution < -0.4 is 10.5 Å². The second-order valence-corrected chi connectivity index (χ2v) is 4.21. The Morgan fingerprint density at radius 1 is 1.05 bits per heavy atom. The first-order valence-electron chi connectivity index (χ1n) is 5.53. The third kappa shape index (κ3) is 2.28. The van der Waals surface area contributed by atoms with Crippen molar-refractivity contribution in [1.82, 2.24) is 15.0 Å². The maximum atomic E-state index is 6.12. The molecule has 0 saturated heterocycles. The van der Waals surface area contributed by atoms with Crippen LogP contribution in [0.25, 0.3) is 10.9 Å². The lowest BCUT2D eigenvalue weighted by molar-refractivity contribution is 0.467. The molecule has 0 spiro atoms. The van der Waals surface area contributed by atoms with Gasteiger partial charge in [0, 0.05) is 23.8 Å². The van der Waals surface area contributed by atoms with Crippen molar-refractivity contribution in [3.05, 3.63) is 47.7 Å².